The van der Waals surface area contributed by atoms with E-state index in [0.29, 0.717) is 11.3 Å². The first-order valence-corrected chi connectivity index (χ1v) is 8.60. The zero-order chi connectivity index (χ0) is 20.8. The van der Waals surface area contributed by atoms with E-state index < -0.39 is 23.5 Å². The highest BCUT2D eigenvalue weighted by molar-refractivity contribution is 6.03. The van der Waals surface area contributed by atoms with Gasteiger partial charge in [0.15, 0.2) is 0 Å². The predicted octanol–water partition coefficient (Wildman–Crippen LogP) is 3.93. The second-order valence-electron chi connectivity index (χ2n) is 5.77. The Kier molecular flexibility index (Phi) is 6.08. The maximum Gasteiger partial charge on any atom is 0.338 e. The van der Waals surface area contributed by atoms with Crippen molar-refractivity contribution in [2.45, 2.75) is 6.92 Å². The number of esters is 1. The minimum absolute atomic E-state index is 0.0270. The number of halogens is 2. The molecule has 3 aromatic rings. The molecule has 0 atom stereocenters. The fourth-order valence-corrected chi connectivity index (χ4v) is 2.36. The first-order valence-electron chi connectivity index (χ1n) is 8.60. The van der Waals surface area contributed by atoms with E-state index in [4.69, 9.17) is 4.74 Å². The van der Waals surface area contributed by atoms with Crippen LogP contribution in [0.15, 0.2) is 54.7 Å². The maximum absolute atomic E-state index is 13.8. The third-order valence-electron chi connectivity index (χ3n) is 3.72. The number of amides is 1. The van der Waals surface area contributed by atoms with E-state index in [9.17, 15) is 18.4 Å². The van der Waals surface area contributed by atoms with Gasteiger partial charge in [-0.25, -0.2) is 23.5 Å². The van der Waals surface area contributed by atoms with E-state index in [2.05, 4.69) is 20.6 Å². The lowest BCUT2D eigenvalue weighted by Gasteiger charge is -2.08. The van der Waals surface area contributed by atoms with Crippen LogP contribution in [-0.4, -0.2) is 28.5 Å². The number of rotatable bonds is 6. The molecule has 9 heteroatoms. The standard InChI is InChI=1S/C20H16F2N4O3/c1-2-29-19(28)12-3-6-14(7-4-12)24-18(27)17-9-10-23-20(26-17)25-16-8-5-13(21)11-15(16)22/h3-11H,2H2,1H3,(H,24,27)(H,23,25,26). The van der Waals surface area contributed by atoms with Crippen LogP contribution in [-0.2, 0) is 4.74 Å². The Morgan fingerprint density at radius 2 is 1.83 bits per heavy atom. The van der Waals surface area contributed by atoms with Crippen molar-refractivity contribution in [3.05, 3.63) is 77.6 Å². The molecule has 0 aliphatic heterocycles. The summed E-state index contributed by atoms with van der Waals surface area (Å²) in [5.41, 5.74) is 0.804. The molecule has 2 aromatic carbocycles. The van der Waals surface area contributed by atoms with E-state index in [-0.39, 0.29) is 23.9 Å². The van der Waals surface area contributed by atoms with Crippen molar-refractivity contribution in [1.82, 2.24) is 9.97 Å². The topological polar surface area (TPSA) is 93.2 Å². The van der Waals surface area contributed by atoms with Gasteiger partial charge in [0.2, 0.25) is 5.95 Å². The van der Waals surface area contributed by atoms with Gasteiger partial charge in [-0.15, -0.1) is 0 Å². The molecule has 0 aliphatic rings. The van der Waals surface area contributed by atoms with Gasteiger partial charge in [0.05, 0.1) is 17.9 Å². The molecule has 0 bridgehead atoms. The van der Waals surface area contributed by atoms with Crippen molar-refractivity contribution >= 4 is 29.2 Å². The van der Waals surface area contributed by atoms with Gasteiger partial charge < -0.3 is 15.4 Å². The Bertz CT molecular complexity index is 1040. The summed E-state index contributed by atoms with van der Waals surface area (Å²) in [5.74, 6) is -2.54. The molecule has 0 saturated heterocycles. The van der Waals surface area contributed by atoms with Crippen LogP contribution in [0.1, 0.15) is 27.8 Å². The highest BCUT2D eigenvalue weighted by Gasteiger charge is 2.12. The van der Waals surface area contributed by atoms with Crippen LogP contribution in [0.4, 0.5) is 26.1 Å². The van der Waals surface area contributed by atoms with Crippen molar-refractivity contribution in [2.24, 2.45) is 0 Å². The number of benzene rings is 2. The first-order chi connectivity index (χ1) is 14.0. The lowest BCUT2D eigenvalue weighted by molar-refractivity contribution is 0.0526. The fourth-order valence-electron chi connectivity index (χ4n) is 2.36. The Balaban J connectivity index is 1.70. The summed E-state index contributed by atoms with van der Waals surface area (Å²) in [7, 11) is 0. The normalized spacial score (nSPS) is 10.3. The number of hydrogen-bond acceptors (Lipinski definition) is 6. The predicted molar refractivity (Wildman–Crippen MR) is 102 cm³/mol. The van der Waals surface area contributed by atoms with Gasteiger partial charge in [-0.1, -0.05) is 0 Å². The lowest BCUT2D eigenvalue weighted by atomic mass is 10.2. The van der Waals surface area contributed by atoms with Crippen LogP contribution in [0.5, 0.6) is 0 Å². The summed E-state index contributed by atoms with van der Waals surface area (Å²) in [5, 5.41) is 5.23. The van der Waals surface area contributed by atoms with E-state index in [1.807, 2.05) is 0 Å². The highest BCUT2D eigenvalue weighted by atomic mass is 19.1. The molecule has 0 spiro atoms. The SMILES string of the molecule is CCOC(=O)c1ccc(NC(=O)c2ccnc(Nc3ccc(F)cc3F)n2)cc1. The lowest BCUT2D eigenvalue weighted by Crippen LogP contribution is -2.15. The molecule has 29 heavy (non-hydrogen) atoms. The number of anilines is 3. The summed E-state index contributed by atoms with van der Waals surface area (Å²) in [6.45, 7) is 1.98. The smallest absolute Gasteiger partial charge is 0.338 e. The highest BCUT2D eigenvalue weighted by Crippen LogP contribution is 2.19. The molecule has 0 unspecified atom stereocenters. The molecule has 0 fully saturated rings. The van der Waals surface area contributed by atoms with Crippen molar-refractivity contribution in [2.75, 3.05) is 17.2 Å². The van der Waals surface area contributed by atoms with Crippen LogP contribution < -0.4 is 10.6 Å². The van der Waals surface area contributed by atoms with E-state index in [0.717, 1.165) is 12.1 Å². The number of carbonyl (C=O) groups excluding carboxylic acids is 2. The number of nitrogens with zero attached hydrogens (tertiary/aromatic N) is 2. The number of carbonyl (C=O) groups is 2. The molecular weight excluding hydrogens is 382 g/mol. The maximum atomic E-state index is 13.8. The van der Waals surface area contributed by atoms with Gasteiger partial charge in [0, 0.05) is 18.0 Å². The molecule has 1 amide bonds. The molecule has 0 radical (unpaired) electrons. The second-order valence-corrected chi connectivity index (χ2v) is 5.77. The Labute approximate surface area is 164 Å². The summed E-state index contributed by atoms with van der Waals surface area (Å²) in [4.78, 5) is 32.0. The second kappa shape index (κ2) is 8.87. The van der Waals surface area contributed by atoms with Crippen molar-refractivity contribution in [3.8, 4) is 0 Å². The van der Waals surface area contributed by atoms with Gasteiger partial charge in [0.25, 0.3) is 5.91 Å². The van der Waals surface area contributed by atoms with Crippen molar-refractivity contribution < 1.29 is 23.1 Å². The van der Waals surface area contributed by atoms with E-state index >= 15 is 0 Å². The summed E-state index contributed by atoms with van der Waals surface area (Å²) < 4.78 is 31.6. The Hall–Kier alpha value is -3.88. The molecule has 1 aromatic heterocycles. The molecule has 1 heterocycles. The zero-order valence-corrected chi connectivity index (χ0v) is 15.3. The molecule has 2 N–H and O–H groups in total. The number of aromatic nitrogens is 2. The van der Waals surface area contributed by atoms with Crippen LogP contribution in [0.2, 0.25) is 0 Å². The average molecular weight is 398 g/mol. The quantitative estimate of drug-likeness (QED) is 0.611. The zero-order valence-electron chi connectivity index (χ0n) is 15.3. The minimum atomic E-state index is -0.815. The average Bonchev–Trinajstić information content (AvgIpc) is 2.71. The van der Waals surface area contributed by atoms with Gasteiger partial charge in [-0.05, 0) is 49.4 Å². The third kappa shape index (κ3) is 5.10. The largest absolute Gasteiger partial charge is 0.462 e. The molecule has 3 rings (SSSR count). The number of hydrogen-bond donors (Lipinski definition) is 2. The molecule has 0 saturated carbocycles. The summed E-state index contributed by atoms with van der Waals surface area (Å²) in [6, 6.07) is 10.5. The molecule has 148 valence electrons. The van der Waals surface area contributed by atoms with Crippen LogP contribution in [0.3, 0.4) is 0 Å². The summed E-state index contributed by atoms with van der Waals surface area (Å²) in [6.07, 6.45) is 1.33. The first kappa shape index (κ1) is 19.9. The van der Waals surface area contributed by atoms with Gasteiger partial charge in [-0.3, -0.25) is 4.79 Å². The third-order valence-corrected chi connectivity index (χ3v) is 3.72. The van der Waals surface area contributed by atoms with Crippen molar-refractivity contribution in [3.63, 3.8) is 0 Å². The minimum Gasteiger partial charge on any atom is -0.462 e. The van der Waals surface area contributed by atoms with Gasteiger partial charge in [0.1, 0.15) is 17.3 Å². The van der Waals surface area contributed by atoms with Crippen molar-refractivity contribution in [1.29, 1.82) is 0 Å². The van der Waals surface area contributed by atoms with Crippen LogP contribution in [0.25, 0.3) is 0 Å². The molecule has 0 aliphatic carbocycles. The van der Waals surface area contributed by atoms with E-state index in [1.165, 1.54) is 30.5 Å². The fraction of sp³-hybridized carbons (Fsp3) is 0.100. The molecule has 7 nitrogen and oxygen atoms in total. The summed E-state index contributed by atoms with van der Waals surface area (Å²) >= 11 is 0. The Morgan fingerprint density at radius 3 is 2.52 bits per heavy atom. The Morgan fingerprint density at radius 1 is 1.07 bits per heavy atom. The van der Waals surface area contributed by atoms with Gasteiger partial charge in [-0.2, -0.15) is 0 Å². The molecular formula is C20H16F2N4O3. The van der Waals surface area contributed by atoms with E-state index in [1.54, 1.807) is 19.1 Å². The number of ether oxygens (including phenoxy) is 1. The van der Waals surface area contributed by atoms with Crippen LogP contribution >= 0.6 is 0 Å². The number of nitrogens with one attached hydrogen (secondary N) is 2. The monoisotopic (exact) mass is 398 g/mol. The van der Waals surface area contributed by atoms with Crippen LogP contribution in [0, 0.1) is 11.6 Å². The van der Waals surface area contributed by atoms with Gasteiger partial charge >= 0.3 is 5.97 Å².